The van der Waals surface area contributed by atoms with E-state index in [-0.39, 0.29) is 5.91 Å². The molecule has 2 fully saturated rings. The van der Waals surface area contributed by atoms with Crippen molar-refractivity contribution in [3.05, 3.63) is 42.0 Å². The van der Waals surface area contributed by atoms with Crippen LogP contribution >= 0.6 is 0 Å². The molecule has 2 unspecified atom stereocenters. The van der Waals surface area contributed by atoms with E-state index in [1.807, 2.05) is 23.1 Å². The summed E-state index contributed by atoms with van der Waals surface area (Å²) < 4.78 is 5.26. The molecule has 1 aromatic rings. The molecule has 2 atom stereocenters. The number of benzene rings is 1. The van der Waals surface area contributed by atoms with Crippen LogP contribution in [-0.4, -0.2) is 110 Å². The van der Waals surface area contributed by atoms with Crippen molar-refractivity contribution in [3.8, 4) is 0 Å². The van der Waals surface area contributed by atoms with Crippen molar-refractivity contribution in [3.63, 3.8) is 0 Å². The Morgan fingerprint density at radius 2 is 1.90 bits per heavy atom. The minimum atomic E-state index is -0.514. The van der Waals surface area contributed by atoms with Crippen molar-refractivity contribution in [1.29, 1.82) is 0 Å². The molecule has 0 aromatic heterocycles. The summed E-state index contributed by atoms with van der Waals surface area (Å²) in [7, 11) is 3.32. The zero-order chi connectivity index (χ0) is 21.8. The molecule has 0 radical (unpaired) electrons. The Labute approximate surface area is 182 Å². The molecule has 3 amide bonds. The second-order valence-electron chi connectivity index (χ2n) is 7.98. The summed E-state index contributed by atoms with van der Waals surface area (Å²) in [6.07, 6.45) is 3.85. The maximum absolute atomic E-state index is 12.6. The van der Waals surface area contributed by atoms with E-state index in [0.717, 1.165) is 38.7 Å². The molecule has 0 saturated carbocycles. The maximum Gasteiger partial charge on any atom is 0.325 e. The van der Waals surface area contributed by atoms with Crippen LogP contribution in [0.5, 0.6) is 0 Å². The number of hydrogen-bond donors (Lipinski definition) is 1. The Hall–Kier alpha value is -2.91. The number of fused-ring (bicyclic) bond motifs is 1. The molecule has 4 rings (SSSR count). The third-order valence-corrected chi connectivity index (χ3v) is 6.00. The lowest BCUT2D eigenvalue weighted by Crippen LogP contribution is -2.65. The second-order valence-corrected chi connectivity index (χ2v) is 7.98. The largest absolute Gasteiger partial charge is 0.383 e. The van der Waals surface area contributed by atoms with Gasteiger partial charge in [-0.15, -0.1) is 0 Å². The van der Waals surface area contributed by atoms with Crippen LogP contribution in [0.4, 0.5) is 4.79 Å². The zero-order valence-corrected chi connectivity index (χ0v) is 18.1. The van der Waals surface area contributed by atoms with Crippen LogP contribution in [0.1, 0.15) is 5.56 Å². The van der Waals surface area contributed by atoms with E-state index in [4.69, 9.17) is 9.73 Å². The quantitative estimate of drug-likeness (QED) is 0.714. The van der Waals surface area contributed by atoms with Gasteiger partial charge in [-0.1, -0.05) is 42.5 Å². The normalized spacial score (nSPS) is 24.6. The number of aliphatic imine (C=N–C) groups is 1. The van der Waals surface area contributed by atoms with Gasteiger partial charge in [-0.25, -0.2) is 9.79 Å². The van der Waals surface area contributed by atoms with Crippen LogP contribution in [0, 0.1) is 0 Å². The molecule has 3 heterocycles. The highest BCUT2D eigenvalue weighted by molar-refractivity contribution is 6.03. The van der Waals surface area contributed by atoms with Crippen molar-refractivity contribution in [2.45, 2.75) is 12.2 Å². The van der Waals surface area contributed by atoms with Gasteiger partial charge in [-0.3, -0.25) is 15.0 Å². The first-order chi connectivity index (χ1) is 15.1. The average molecular weight is 427 g/mol. The number of ether oxygens (including phenoxy) is 1. The summed E-state index contributed by atoms with van der Waals surface area (Å²) in [5, 5.41) is 2.43. The lowest BCUT2D eigenvalue weighted by atomic mass is 10.1. The number of carbonyl (C=O) groups is 2. The van der Waals surface area contributed by atoms with E-state index in [0.29, 0.717) is 13.2 Å². The smallest absolute Gasteiger partial charge is 0.325 e. The van der Waals surface area contributed by atoms with Gasteiger partial charge in [-0.05, 0) is 5.56 Å². The number of hydrogen-bond acceptors (Lipinski definition) is 7. The summed E-state index contributed by atoms with van der Waals surface area (Å²) >= 11 is 0. The van der Waals surface area contributed by atoms with Crippen LogP contribution in [0.25, 0.3) is 6.08 Å². The van der Waals surface area contributed by atoms with E-state index in [9.17, 15) is 9.59 Å². The molecule has 1 N–H and O–H groups in total. The van der Waals surface area contributed by atoms with Crippen LogP contribution in [0.15, 0.2) is 41.4 Å². The van der Waals surface area contributed by atoms with Gasteiger partial charge < -0.3 is 19.4 Å². The fraction of sp³-hybridized carbons (Fsp3) is 0.500. The topological polar surface area (TPSA) is 80.7 Å². The Kier molecular flexibility index (Phi) is 6.53. The number of nitrogens with one attached hydrogen (secondary N) is 1. The molecular formula is C22H30N6O3. The zero-order valence-electron chi connectivity index (χ0n) is 18.1. The average Bonchev–Trinajstić information content (AvgIpc) is 3.17. The highest BCUT2D eigenvalue weighted by atomic mass is 16.5. The number of piperazine rings is 1. The van der Waals surface area contributed by atoms with Crippen molar-refractivity contribution in [2.75, 3.05) is 60.0 Å². The van der Waals surface area contributed by atoms with Gasteiger partial charge in [0.15, 0.2) is 18.2 Å². The molecule has 166 valence electrons. The number of likely N-dealkylation sites (N-methyl/N-ethyl adjacent to an activating group) is 1. The van der Waals surface area contributed by atoms with Gasteiger partial charge >= 0.3 is 6.03 Å². The van der Waals surface area contributed by atoms with Crippen LogP contribution in [0.2, 0.25) is 0 Å². The van der Waals surface area contributed by atoms with Gasteiger partial charge in [0, 0.05) is 53.4 Å². The summed E-state index contributed by atoms with van der Waals surface area (Å²) in [5.74, 6) is 0.482. The highest BCUT2D eigenvalue weighted by Gasteiger charge is 2.49. The van der Waals surface area contributed by atoms with Crippen molar-refractivity contribution in [2.24, 2.45) is 4.99 Å². The molecule has 0 aliphatic carbocycles. The minimum Gasteiger partial charge on any atom is -0.383 e. The standard InChI is InChI=1S/C22H30N6O3/c1-25-19-18(20(29)24-22(25)30)28(15-16-31-2)21(23-19)27-13-11-26(12-14-27)10-6-9-17-7-4-3-5-8-17/h3-9,18-19H,10-16H2,1-2H3,(H,24,29,30)/b9-6+. The summed E-state index contributed by atoms with van der Waals surface area (Å²) in [5.41, 5.74) is 1.20. The van der Waals surface area contributed by atoms with Gasteiger partial charge in [0.05, 0.1) is 6.61 Å². The maximum atomic E-state index is 12.6. The van der Waals surface area contributed by atoms with E-state index < -0.39 is 18.2 Å². The molecule has 3 aliphatic rings. The van der Waals surface area contributed by atoms with Crippen LogP contribution < -0.4 is 5.32 Å². The Morgan fingerprint density at radius 1 is 1.16 bits per heavy atom. The monoisotopic (exact) mass is 426 g/mol. The van der Waals surface area contributed by atoms with Gasteiger partial charge in [0.2, 0.25) is 0 Å². The molecule has 0 bridgehead atoms. The van der Waals surface area contributed by atoms with Gasteiger partial charge in [0.25, 0.3) is 5.91 Å². The third kappa shape index (κ3) is 4.57. The molecule has 9 heteroatoms. The molecule has 1 aromatic carbocycles. The molecule has 31 heavy (non-hydrogen) atoms. The van der Waals surface area contributed by atoms with Crippen molar-refractivity contribution in [1.82, 2.24) is 24.9 Å². The van der Waals surface area contributed by atoms with E-state index >= 15 is 0 Å². The molecule has 0 spiro atoms. The second kappa shape index (κ2) is 9.49. The van der Waals surface area contributed by atoms with Gasteiger partial charge in [-0.2, -0.15) is 0 Å². The van der Waals surface area contributed by atoms with E-state index in [1.54, 1.807) is 14.2 Å². The molecule has 3 aliphatic heterocycles. The Bertz CT molecular complexity index is 850. The minimum absolute atomic E-state index is 0.298. The van der Waals surface area contributed by atoms with Crippen LogP contribution in [-0.2, 0) is 9.53 Å². The number of amides is 3. The van der Waals surface area contributed by atoms with Gasteiger partial charge in [0.1, 0.15) is 0 Å². The lowest BCUT2D eigenvalue weighted by molar-refractivity contribution is -0.127. The van der Waals surface area contributed by atoms with Crippen molar-refractivity contribution < 1.29 is 14.3 Å². The number of rotatable bonds is 6. The number of nitrogens with zero attached hydrogens (tertiary/aromatic N) is 5. The summed E-state index contributed by atoms with van der Waals surface area (Å²) in [4.78, 5) is 37.5. The first kappa shape index (κ1) is 21.3. The predicted octanol–water partition coefficient (Wildman–Crippen LogP) is 0.512. The first-order valence-electron chi connectivity index (χ1n) is 10.7. The predicted molar refractivity (Wildman–Crippen MR) is 118 cm³/mol. The lowest BCUT2D eigenvalue weighted by Gasteiger charge is -2.40. The number of imide groups is 1. The molecular weight excluding hydrogens is 396 g/mol. The molecule has 9 nitrogen and oxygen atoms in total. The number of carbonyl (C=O) groups excluding carboxylic acids is 2. The Balaban J connectivity index is 1.39. The SMILES string of the molecule is COCCN1C(N2CCN(C/C=C/c3ccccc3)CC2)=NC2C1C(=O)NC(=O)N2C. The first-order valence-corrected chi connectivity index (χ1v) is 10.7. The molecule has 2 saturated heterocycles. The Morgan fingerprint density at radius 3 is 2.61 bits per heavy atom. The fourth-order valence-corrected chi connectivity index (χ4v) is 4.24. The third-order valence-electron chi connectivity index (χ3n) is 6.00. The van der Waals surface area contributed by atoms with E-state index in [2.05, 4.69) is 39.4 Å². The van der Waals surface area contributed by atoms with E-state index in [1.165, 1.54) is 10.5 Å². The van der Waals surface area contributed by atoms with Crippen LogP contribution in [0.3, 0.4) is 0 Å². The summed E-state index contributed by atoms with van der Waals surface area (Å²) in [6.45, 7) is 5.39. The highest BCUT2D eigenvalue weighted by Crippen LogP contribution is 2.25. The number of urea groups is 1. The summed E-state index contributed by atoms with van der Waals surface area (Å²) in [6, 6.07) is 9.37. The van der Waals surface area contributed by atoms with Crippen molar-refractivity contribution >= 4 is 24.0 Å². The number of guanidine groups is 1. The number of methoxy groups -OCH3 is 1. The fourth-order valence-electron chi connectivity index (χ4n) is 4.24.